The van der Waals surface area contributed by atoms with Crippen molar-refractivity contribution in [2.45, 2.75) is 26.4 Å². The Labute approximate surface area is 130 Å². The maximum Gasteiger partial charge on any atom is 0.410 e. The van der Waals surface area contributed by atoms with Gasteiger partial charge in [-0.2, -0.15) is 0 Å². The van der Waals surface area contributed by atoms with E-state index in [0.29, 0.717) is 36.9 Å². The number of hydrogen-bond acceptors (Lipinski definition) is 4. The Bertz CT molecular complexity index is 520. The fraction of sp³-hybridized carbons (Fsp3) is 0.533. The van der Waals surface area contributed by atoms with Gasteiger partial charge in [0.25, 0.3) is 0 Å². The molecule has 6 heteroatoms. The zero-order valence-corrected chi connectivity index (χ0v) is 13.4. The van der Waals surface area contributed by atoms with Crippen LogP contribution in [0, 0.1) is 0 Å². The molecule has 2 rings (SSSR count). The summed E-state index contributed by atoms with van der Waals surface area (Å²) in [6, 6.07) is 4.97. The molecule has 0 saturated carbocycles. The molecular weight excluding hydrogens is 292 g/mol. The molecule has 0 atom stereocenters. The van der Waals surface area contributed by atoms with E-state index < -0.39 is 5.60 Å². The topological polar surface area (TPSA) is 53.0 Å². The zero-order valence-electron chi connectivity index (χ0n) is 12.6. The molecule has 0 spiro atoms. The van der Waals surface area contributed by atoms with Gasteiger partial charge in [0.15, 0.2) is 0 Å². The van der Waals surface area contributed by atoms with Crippen LogP contribution in [0.15, 0.2) is 18.2 Å². The highest BCUT2D eigenvalue weighted by Crippen LogP contribution is 2.31. The normalized spacial score (nSPS) is 16.0. The Hall–Kier alpha value is -1.62. The molecule has 116 valence electrons. The maximum absolute atomic E-state index is 12.0. The van der Waals surface area contributed by atoms with Crippen molar-refractivity contribution in [1.82, 2.24) is 4.90 Å². The van der Waals surface area contributed by atoms with Gasteiger partial charge < -0.3 is 19.6 Å². The predicted octanol–water partition coefficient (Wildman–Crippen LogP) is 3.10. The number of amides is 1. The minimum Gasteiger partial charge on any atom is -0.506 e. The number of carbonyl (C=O) groups is 1. The van der Waals surface area contributed by atoms with Crippen LogP contribution in [-0.2, 0) is 4.74 Å². The van der Waals surface area contributed by atoms with Gasteiger partial charge in [0.1, 0.15) is 11.4 Å². The minimum absolute atomic E-state index is 0.199. The molecule has 1 aliphatic rings. The molecule has 0 bridgehead atoms. The number of carbonyl (C=O) groups excluding carboxylic acids is 1. The molecule has 0 radical (unpaired) electrons. The van der Waals surface area contributed by atoms with Gasteiger partial charge in [-0.1, -0.05) is 11.6 Å². The number of ether oxygens (including phenoxy) is 1. The standard InChI is InChI=1S/C15H21ClN2O3/c1-15(2,3)21-14(20)18-8-6-17(7-9-18)12-10-11(16)4-5-13(12)19/h4-5,10,19H,6-9H2,1-3H3. The average molecular weight is 313 g/mol. The SMILES string of the molecule is CC(C)(C)OC(=O)N1CCN(c2cc(Cl)ccc2O)CC1. The van der Waals surface area contributed by atoms with Crippen LogP contribution in [0.4, 0.5) is 10.5 Å². The van der Waals surface area contributed by atoms with E-state index in [1.807, 2.05) is 25.7 Å². The molecule has 1 N–H and O–H groups in total. The second kappa shape index (κ2) is 6.02. The molecule has 21 heavy (non-hydrogen) atoms. The number of nitrogens with zero attached hydrogens (tertiary/aromatic N) is 2. The second-order valence-electron chi connectivity index (χ2n) is 6.09. The molecule has 0 aromatic heterocycles. The van der Waals surface area contributed by atoms with Crippen molar-refractivity contribution in [1.29, 1.82) is 0 Å². The maximum atomic E-state index is 12.0. The lowest BCUT2D eigenvalue weighted by Gasteiger charge is -2.37. The third kappa shape index (κ3) is 4.17. The van der Waals surface area contributed by atoms with E-state index in [2.05, 4.69) is 0 Å². The molecule has 1 aromatic rings. The molecule has 1 amide bonds. The van der Waals surface area contributed by atoms with Crippen molar-refractivity contribution in [2.75, 3.05) is 31.1 Å². The van der Waals surface area contributed by atoms with E-state index >= 15 is 0 Å². The van der Waals surface area contributed by atoms with Crippen molar-refractivity contribution >= 4 is 23.4 Å². The number of aromatic hydroxyl groups is 1. The number of phenolic OH excluding ortho intramolecular Hbond substituents is 1. The third-order valence-corrected chi connectivity index (χ3v) is 3.44. The lowest BCUT2D eigenvalue weighted by atomic mass is 10.2. The quantitative estimate of drug-likeness (QED) is 0.865. The van der Waals surface area contributed by atoms with E-state index in [1.54, 1.807) is 23.1 Å². The Morgan fingerprint density at radius 1 is 1.24 bits per heavy atom. The van der Waals surface area contributed by atoms with Crippen LogP contribution in [0.1, 0.15) is 20.8 Å². The highest BCUT2D eigenvalue weighted by atomic mass is 35.5. The van der Waals surface area contributed by atoms with Gasteiger partial charge in [-0.25, -0.2) is 4.79 Å². The number of rotatable bonds is 1. The van der Waals surface area contributed by atoms with Gasteiger partial charge in [0.2, 0.25) is 0 Å². The summed E-state index contributed by atoms with van der Waals surface area (Å²) in [5.74, 6) is 0.199. The first-order valence-corrected chi connectivity index (χ1v) is 7.35. The second-order valence-corrected chi connectivity index (χ2v) is 6.52. The van der Waals surface area contributed by atoms with E-state index in [9.17, 15) is 9.90 Å². The van der Waals surface area contributed by atoms with Gasteiger partial charge in [0, 0.05) is 31.2 Å². The fourth-order valence-electron chi connectivity index (χ4n) is 2.21. The Balaban J connectivity index is 1.97. The summed E-state index contributed by atoms with van der Waals surface area (Å²) < 4.78 is 5.36. The summed E-state index contributed by atoms with van der Waals surface area (Å²) in [5, 5.41) is 10.5. The molecule has 0 aliphatic carbocycles. The van der Waals surface area contributed by atoms with Crippen LogP contribution in [0.2, 0.25) is 5.02 Å². The van der Waals surface area contributed by atoms with E-state index in [-0.39, 0.29) is 11.8 Å². The lowest BCUT2D eigenvalue weighted by Crippen LogP contribution is -2.50. The summed E-state index contributed by atoms with van der Waals surface area (Å²) in [5.41, 5.74) is 0.214. The summed E-state index contributed by atoms with van der Waals surface area (Å²) in [4.78, 5) is 15.7. The van der Waals surface area contributed by atoms with Crippen molar-refractivity contribution in [3.8, 4) is 5.75 Å². The van der Waals surface area contributed by atoms with Crippen molar-refractivity contribution in [3.05, 3.63) is 23.2 Å². The highest BCUT2D eigenvalue weighted by Gasteiger charge is 2.26. The Kier molecular flexibility index (Phi) is 4.52. The first-order valence-electron chi connectivity index (χ1n) is 6.98. The van der Waals surface area contributed by atoms with E-state index in [0.717, 1.165) is 0 Å². The van der Waals surface area contributed by atoms with Crippen molar-refractivity contribution in [3.63, 3.8) is 0 Å². The number of halogens is 1. The van der Waals surface area contributed by atoms with Gasteiger partial charge in [-0.15, -0.1) is 0 Å². The fourth-order valence-corrected chi connectivity index (χ4v) is 2.37. The lowest BCUT2D eigenvalue weighted by molar-refractivity contribution is 0.0240. The molecular formula is C15H21ClN2O3. The van der Waals surface area contributed by atoms with Gasteiger partial charge >= 0.3 is 6.09 Å². The smallest absolute Gasteiger partial charge is 0.410 e. The van der Waals surface area contributed by atoms with Gasteiger partial charge in [0.05, 0.1) is 5.69 Å². The summed E-state index contributed by atoms with van der Waals surface area (Å²) in [6.07, 6.45) is -0.294. The molecule has 1 fully saturated rings. The summed E-state index contributed by atoms with van der Waals surface area (Å²) >= 11 is 5.97. The van der Waals surface area contributed by atoms with Crippen LogP contribution in [-0.4, -0.2) is 47.9 Å². The Morgan fingerprint density at radius 2 is 1.86 bits per heavy atom. The highest BCUT2D eigenvalue weighted by molar-refractivity contribution is 6.30. The van der Waals surface area contributed by atoms with Crippen LogP contribution >= 0.6 is 11.6 Å². The van der Waals surface area contributed by atoms with Crippen LogP contribution < -0.4 is 4.90 Å². The number of piperazine rings is 1. The van der Waals surface area contributed by atoms with E-state index in [1.165, 1.54) is 0 Å². The predicted molar refractivity (Wildman–Crippen MR) is 83.1 cm³/mol. The first-order chi connectivity index (χ1) is 9.76. The van der Waals surface area contributed by atoms with Crippen LogP contribution in [0.5, 0.6) is 5.75 Å². The number of phenols is 1. The third-order valence-electron chi connectivity index (χ3n) is 3.21. The van der Waals surface area contributed by atoms with E-state index in [4.69, 9.17) is 16.3 Å². The molecule has 1 saturated heterocycles. The van der Waals surface area contributed by atoms with Crippen molar-refractivity contribution < 1.29 is 14.6 Å². The van der Waals surface area contributed by atoms with Crippen LogP contribution in [0.3, 0.4) is 0 Å². The van der Waals surface area contributed by atoms with Crippen LogP contribution in [0.25, 0.3) is 0 Å². The minimum atomic E-state index is -0.487. The Morgan fingerprint density at radius 3 is 2.43 bits per heavy atom. The monoisotopic (exact) mass is 312 g/mol. The summed E-state index contributed by atoms with van der Waals surface area (Å²) in [6.45, 7) is 7.93. The zero-order chi connectivity index (χ0) is 15.6. The molecule has 1 heterocycles. The largest absolute Gasteiger partial charge is 0.506 e. The molecule has 5 nitrogen and oxygen atoms in total. The van der Waals surface area contributed by atoms with Gasteiger partial charge in [-0.05, 0) is 39.0 Å². The number of anilines is 1. The van der Waals surface area contributed by atoms with Gasteiger partial charge in [-0.3, -0.25) is 0 Å². The first kappa shape index (κ1) is 15.8. The summed E-state index contributed by atoms with van der Waals surface area (Å²) in [7, 11) is 0. The molecule has 0 unspecified atom stereocenters. The average Bonchev–Trinajstić information content (AvgIpc) is 2.40. The number of benzene rings is 1. The molecule has 1 aliphatic heterocycles. The number of hydrogen-bond donors (Lipinski definition) is 1. The molecule has 1 aromatic carbocycles. The van der Waals surface area contributed by atoms with Crippen molar-refractivity contribution in [2.24, 2.45) is 0 Å².